The molecule has 1 N–H and O–H groups in total. The molecule has 0 aliphatic heterocycles. The average molecular weight is 375 g/mol. The van der Waals surface area contributed by atoms with E-state index < -0.39 is 5.97 Å². The fourth-order valence-corrected chi connectivity index (χ4v) is 8.63. The number of aliphatic carboxylic acids is 1. The summed E-state index contributed by atoms with van der Waals surface area (Å²) in [7, 11) is 0. The van der Waals surface area contributed by atoms with E-state index in [1.165, 1.54) is 57.8 Å². The largest absolute Gasteiger partial charge is 0.481 e. The van der Waals surface area contributed by atoms with Gasteiger partial charge in [-0.15, -0.1) is 0 Å². The first-order chi connectivity index (χ1) is 12.8. The van der Waals surface area contributed by atoms with Gasteiger partial charge in [0, 0.05) is 0 Å². The van der Waals surface area contributed by atoms with Gasteiger partial charge in [-0.25, -0.2) is 0 Å². The van der Waals surface area contributed by atoms with E-state index in [2.05, 4.69) is 20.8 Å². The first-order valence-corrected chi connectivity index (χ1v) is 12.0. The Morgan fingerprint density at radius 1 is 1.00 bits per heavy atom. The molecule has 4 aliphatic rings. The van der Waals surface area contributed by atoms with Gasteiger partial charge in [-0.3, -0.25) is 4.79 Å². The van der Waals surface area contributed by atoms with Crippen molar-refractivity contribution in [1.29, 1.82) is 0 Å². The van der Waals surface area contributed by atoms with E-state index in [1.54, 1.807) is 0 Å². The van der Waals surface area contributed by atoms with Crippen LogP contribution in [0.15, 0.2) is 0 Å². The van der Waals surface area contributed by atoms with Gasteiger partial charge in [0.2, 0.25) is 0 Å². The van der Waals surface area contributed by atoms with Crippen LogP contribution in [0.2, 0.25) is 0 Å². The molecule has 4 rings (SSSR count). The molecule has 9 atom stereocenters. The van der Waals surface area contributed by atoms with Crippen molar-refractivity contribution in [3.05, 3.63) is 0 Å². The molecule has 4 saturated carbocycles. The highest BCUT2D eigenvalue weighted by Gasteiger charge is 2.59. The molecule has 8 unspecified atom stereocenters. The third-order valence-corrected chi connectivity index (χ3v) is 10.5. The molecule has 0 radical (unpaired) electrons. The Bertz CT molecular complexity index is 571. The van der Waals surface area contributed by atoms with Gasteiger partial charge in [-0.1, -0.05) is 34.1 Å². The molecule has 0 saturated heterocycles. The molecule has 27 heavy (non-hydrogen) atoms. The molecule has 2 heteroatoms. The lowest BCUT2D eigenvalue weighted by molar-refractivity contribution is -0.141. The molecule has 0 amide bonds. The number of carbonyl (C=O) groups is 1. The monoisotopic (exact) mass is 374 g/mol. The second kappa shape index (κ2) is 7.06. The van der Waals surface area contributed by atoms with Crippen LogP contribution in [-0.4, -0.2) is 11.1 Å². The standard InChI is InChI=1S/C25H42O2/c1-16-11-13-25(4)19(15-16)7-9-20-21-10-8-18(6-5-17(2)23(26)27)24(21,3)14-12-22(20)25/h16-22H,5-15H2,1-4H3,(H,26,27)/t16-,17?,18?,19?,20?,21?,22?,24?,25?/m1/s1. The Labute approximate surface area is 166 Å². The molecule has 4 aliphatic carbocycles. The lowest BCUT2D eigenvalue weighted by atomic mass is 9.44. The molecule has 0 aromatic carbocycles. The highest BCUT2D eigenvalue weighted by atomic mass is 16.4. The molecule has 154 valence electrons. The molecule has 4 fully saturated rings. The van der Waals surface area contributed by atoms with Crippen molar-refractivity contribution in [2.75, 3.05) is 0 Å². The highest BCUT2D eigenvalue weighted by Crippen LogP contribution is 2.68. The summed E-state index contributed by atoms with van der Waals surface area (Å²) >= 11 is 0. The van der Waals surface area contributed by atoms with Crippen LogP contribution in [0.25, 0.3) is 0 Å². The molecule has 0 spiro atoms. The summed E-state index contributed by atoms with van der Waals surface area (Å²) in [5, 5.41) is 9.26. The van der Waals surface area contributed by atoms with Gasteiger partial charge in [-0.2, -0.15) is 0 Å². The van der Waals surface area contributed by atoms with Crippen LogP contribution in [0.3, 0.4) is 0 Å². The lowest BCUT2D eigenvalue weighted by Crippen LogP contribution is -2.53. The van der Waals surface area contributed by atoms with Crippen LogP contribution in [0.4, 0.5) is 0 Å². The number of fused-ring (bicyclic) bond motifs is 5. The molecule has 0 aromatic heterocycles. The van der Waals surface area contributed by atoms with Gasteiger partial charge in [0.25, 0.3) is 0 Å². The van der Waals surface area contributed by atoms with Crippen molar-refractivity contribution in [3.63, 3.8) is 0 Å². The Morgan fingerprint density at radius 3 is 2.44 bits per heavy atom. The first kappa shape index (κ1) is 19.8. The normalized spacial score (nSPS) is 50.4. The zero-order valence-corrected chi connectivity index (χ0v) is 18.2. The second-order valence-electron chi connectivity index (χ2n) is 11.7. The van der Waals surface area contributed by atoms with Crippen LogP contribution in [-0.2, 0) is 4.79 Å². The summed E-state index contributed by atoms with van der Waals surface area (Å²) in [5.41, 5.74) is 1.11. The summed E-state index contributed by atoms with van der Waals surface area (Å²) < 4.78 is 0. The minimum atomic E-state index is -0.615. The van der Waals surface area contributed by atoms with Gasteiger partial charge < -0.3 is 5.11 Å². The molecule has 2 nitrogen and oxygen atoms in total. The topological polar surface area (TPSA) is 37.3 Å². The maximum absolute atomic E-state index is 11.2. The predicted molar refractivity (Wildman–Crippen MR) is 110 cm³/mol. The Kier molecular flexibility index (Phi) is 5.17. The minimum absolute atomic E-state index is 0.178. The van der Waals surface area contributed by atoms with Crippen molar-refractivity contribution < 1.29 is 9.90 Å². The van der Waals surface area contributed by atoms with E-state index in [9.17, 15) is 9.90 Å². The molecular weight excluding hydrogens is 332 g/mol. The van der Waals surface area contributed by atoms with Crippen molar-refractivity contribution in [2.24, 2.45) is 52.3 Å². The SMILES string of the molecule is CC(CCC1CCC2C3CCC4C[C@H](C)CCC4(C)C3CCC12C)C(=O)O. The highest BCUT2D eigenvalue weighted by molar-refractivity contribution is 5.69. The van der Waals surface area contributed by atoms with Crippen molar-refractivity contribution in [3.8, 4) is 0 Å². The fraction of sp³-hybridized carbons (Fsp3) is 0.960. The van der Waals surface area contributed by atoms with Gasteiger partial charge >= 0.3 is 5.97 Å². The minimum Gasteiger partial charge on any atom is -0.481 e. The van der Waals surface area contributed by atoms with E-state index in [0.29, 0.717) is 10.8 Å². The molecule has 0 aromatic rings. The van der Waals surface area contributed by atoms with Crippen LogP contribution in [0.1, 0.15) is 98.3 Å². The first-order valence-electron chi connectivity index (χ1n) is 12.0. The van der Waals surface area contributed by atoms with E-state index in [1.807, 2.05) is 6.92 Å². The molecule has 0 heterocycles. The van der Waals surface area contributed by atoms with Gasteiger partial charge in [0.15, 0.2) is 0 Å². The van der Waals surface area contributed by atoms with E-state index in [-0.39, 0.29) is 5.92 Å². The smallest absolute Gasteiger partial charge is 0.306 e. The van der Waals surface area contributed by atoms with Crippen LogP contribution in [0, 0.1) is 52.3 Å². The quantitative estimate of drug-likeness (QED) is 0.588. The third-order valence-electron chi connectivity index (χ3n) is 10.5. The van der Waals surface area contributed by atoms with Crippen molar-refractivity contribution in [1.82, 2.24) is 0 Å². The van der Waals surface area contributed by atoms with Gasteiger partial charge in [0.05, 0.1) is 5.92 Å². The van der Waals surface area contributed by atoms with Crippen molar-refractivity contribution in [2.45, 2.75) is 98.3 Å². The molecular formula is C25H42O2. The summed E-state index contributed by atoms with van der Waals surface area (Å²) in [5.74, 6) is 4.75. The van der Waals surface area contributed by atoms with Crippen LogP contribution >= 0.6 is 0 Å². The van der Waals surface area contributed by atoms with E-state index in [4.69, 9.17) is 0 Å². The Morgan fingerprint density at radius 2 is 1.70 bits per heavy atom. The predicted octanol–water partition coefficient (Wildman–Crippen LogP) is 6.78. The fourth-order valence-electron chi connectivity index (χ4n) is 8.63. The van der Waals surface area contributed by atoms with Crippen LogP contribution < -0.4 is 0 Å². The zero-order valence-electron chi connectivity index (χ0n) is 18.2. The summed E-state index contributed by atoms with van der Waals surface area (Å²) in [4.78, 5) is 11.2. The lowest BCUT2D eigenvalue weighted by Gasteiger charge is -2.61. The number of hydrogen-bond donors (Lipinski definition) is 1. The van der Waals surface area contributed by atoms with E-state index >= 15 is 0 Å². The maximum atomic E-state index is 11.2. The summed E-state index contributed by atoms with van der Waals surface area (Å²) in [6, 6.07) is 0. The van der Waals surface area contributed by atoms with Crippen LogP contribution in [0.5, 0.6) is 0 Å². The summed E-state index contributed by atoms with van der Waals surface area (Å²) in [6.45, 7) is 9.63. The van der Waals surface area contributed by atoms with Crippen molar-refractivity contribution >= 4 is 5.97 Å². The number of carboxylic acids is 1. The molecule has 0 bridgehead atoms. The Balaban J connectivity index is 1.48. The number of carboxylic acid groups (broad SMARTS) is 1. The third kappa shape index (κ3) is 3.18. The zero-order chi connectivity index (χ0) is 19.4. The Hall–Kier alpha value is -0.530. The van der Waals surface area contributed by atoms with Gasteiger partial charge in [-0.05, 0) is 111 Å². The number of rotatable bonds is 4. The maximum Gasteiger partial charge on any atom is 0.306 e. The summed E-state index contributed by atoms with van der Waals surface area (Å²) in [6.07, 6.45) is 15.0. The second-order valence-corrected chi connectivity index (χ2v) is 11.7. The average Bonchev–Trinajstić information content (AvgIpc) is 2.96. The number of hydrogen-bond acceptors (Lipinski definition) is 1. The van der Waals surface area contributed by atoms with E-state index in [0.717, 1.165) is 48.3 Å². The van der Waals surface area contributed by atoms with Gasteiger partial charge in [0.1, 0.15) is 0 Å².